The van der Waals surface area contributed by atoms with Gasteiger partial charge >= 0.3 is 0 Å². The summed E-state index contributed by atoms with van der Waals surface area (Å²) in [6.07, 6.45) is 1.72. The minimum absolute atomic E-state index is 0.0802. The molecule has 4 nitrogen and oxygen atoms in total. The Bertz CT molecular complexity index is 482. The van der Waals surface area contributed by atoms with Crippen LogP contribution in [-0.4, -0.2) is 13.9 Å². The Labute approximate surface area is 119 Å². The van der Waals surface area contributed by atoms with Crippen LogP contribution in [0.25, 0.3) is 0 Å². The number of pyridine rings is 1. The highest BCUT2D eigenvalue weighted by atomic mass is 79.9. The Kier molecular flexibility index (Phi) is 5.05. The van der Waals surface area contributed by atoms with Crippen LogP contribution in [0.1, 0.15) is 39.3 Å². The number of hydrogen-bond donors (Lipinski definition) is 1. The molecular weight excluding hydrogens is 316 g/mol. The highest BCUT2D eigenvalue weighted by molar-refractivity contribution is 9.10. The zero-order chi connectivity index (χ0) is 14.1. The molecule has 0 unspecified atom stereocenters. The van der Waals surface area contributed by atoms with Crippen molar-refractivity contribution in [3.63, 3.8) is 0 Å². The summed E-state index contributed by atoms with van der Waals surface area (Å²) in [6.45, 7) is 7.61. The predicted molar refractivity (Wildman–Crippen MR) is 78.8 cm³/mol. The molecule has 1 heterocycles. The molecule has 1 N–H and O–H groups in total. The summed E-state index contributed by atoms with van der Waals surface area (Å²) in [7, 11) is 1.70. The first-order chi connectivity index (χ1) is 8.12. The Morgan fingerprint density at radius 3 is 2.56 bits per heavy atom. The Morgan fingerprint density at radius 2 is 2.06 bits per heavy atom. The van der Waals surface area contributed by atoms with Crippen molar-refractivity contribution in [2.24, 2.45) is 7.05 Å². The Balaban J connectivity index is 2.95. The third-order valence-electron chi connectivity index (χ3n) is 2.52. The van der Waals surface area contributed by atoms with Crippen molar-refractivity contribution < 1.29 is 4.55 Å². The highest BCUT2D eigenvalue weighted by Crippen LogP contribution is 2.24. The molecule has 0 bridgehead atoms. The van der Waals surface area contributed by atoms with Gasteiger partial charge in [-0.3, -0.25) is 4.79 Å². The zero-order valence-electron chi connectivity index (χ0n) is 11.3. The number of aromatic nitrogens is 1. The van der Waals surface area contributed by atoms with Crippen LogP contribution in [0.4, 0.5) is 0 Å². The van der Waals surface area contributed by atoms with E-state index in [4.69, 9.17) is 0 Å². The van der Waals surface area contributed by atoms with E-state index < -0.39 is 11.4 Å². The normalized spacial score (nSPS) is 15.5. The van der Waals surface area contributed by atoms with E-state index in [9.17, 15) is 9.35 Å². The van der Waals surface area contributed by atoms with Crippen LogP contribution in [0.3, 0.4) is 0 Å². The fraction of sp³-hybridized carbons (Fsp3) is 0.583. The summed E-state index contributed by atoms with van der Waals surface area (Å²) in [4.78, 5) is 11.6. The first kappa shape index (κ1) is 15.8. The molecule has 18 heavy (non-hydrogen) atoms. The van der Waals surface area contributed by atoms with Gasteiger partial charge < -0.3 is 9.12 Å². The largest absolute Gasteiger partial charge is 0.598 e. The number of nitrogens with zero attached hydrogens (tertiary/aromatic N) is 1. The summed E-state index contributed by atoms with van der Waals surface area (Å²) in [6, 6.07) is 1.40. The topological polar surface area (TPSA) is 57.1 Å². The van der Waals surface area contributed by atoms with Crippen LogP contribution in [0.2, 0.25) is 0 Å². The van der Waals surface area contributed by atoms with Gasteiger partial charge in [-0.2, -0.15) is 0 Å². The molecular formula is C12H19BrN2O2S. The van der Waals surface area contributed by atoms with Crippen LogP contribution in [-0.2, 0) is 18.4 Å². The molecule has 0 aliphatic rings. The van der Waals surface area contributed by atoms with E-state index in [0.29, 0.717) is 0 Å². The predicted octanol–water partition coefficient (Wildman–Crippen LogP) is 2.26. The van der Waals surface area contributed by atoms with Crippen molar-refractivity contribution in [3.05, 3.63) is 32.7 Å². The molecule has 0 spiro atoms. The number of halogens is 1. The van der Waals surface area contributed by atoms with Crippen LogP contribution in [0.15, 0.2) is 21.5 Å². The van der Waals surface area contributed by atoms with E-state index in [2.05, 4.69) is 20.7 Å². The molecule has 0 fully saturated rings. The number of hydrogen-bond acceptors (Lipinski definition) is 3. The van der Waals surface area contributed by atoms with Gasteiger partial charge in [0.1, 0.15) is 4.75 Å². The van der Waals surface area contributed by atoms with Crippen LogP contribution < -0.4 is 10.3 Å². The zero-order valence-corrected chi connectivity index (χ0v) is 13.7. The van der Waals surface area contributed by atoms with Crippen molar-refractivity contribution in [3.8, 4) is 0 Å². The maximum Gasteiger partial charge on any atom is 0.250 e. The van der Waals surface area contributed by atoms with Gasteiger partial charge in [0.05, 0.1) is 6.04 Å². The second-order valence-corrected chi connectivity index (χ2v) is 8.10. The number of aryl methyl sites for hydroxylation is 1. The van der Waals surface area contributed by atoms with Gasteiger partial charge in [0.2, 0.25) is 0 Å². The van der Waals surface area contributed by atoms with E-state index in [0.717, 1.165) is 10.0 Å². The lowest BCUT2D eigenvalue weighted by Gasteiger charge is -2.26. The average molecular weight is 335 g/mol. The quantitative estimate of drug-likeness (QED) is 0.862. The maximum absolute atomic E-state index is 12.0. The van der Waals surface area contributed by atoms with Gasteiger partial charge in [-0.15, -0.1) is 4.72 Å². The fourth-order valence-corrected chi connectivity index (χ4v) is 2.91. The van der Waals surface area contributed by atoms with Crippen LogP contribution in [0.5, 0.6) is 0 Å². The SMILES string of the molecule is C[C@H](N[S@@+]([O-])C(C)(C)C)c1cc(=O)n(C)cc1Br. The standard InChI is InChI=1S/C12H19BrN2O2S/c1-8(14-18(17)12(2,3)4)9-6-11(16)15(5)7-10(9)13/h6-8,14H,1-5H3/t8-,18-/m0/s1. The second-order valence-electron chi connectivity index (χ2n) is 5.25. The average Bonchev–Trinajstić information content (AvgIpc) is 2.21. The lowest BCUT2D eigenvalue weighted by atomic mass is 10.1. The molecule has 0 amide bonds. The monoisotopic (exact) mass is 334 g/mol. The van der Waals surface area contributed by atoms with Gasteiger partial charge in [-0.05, 0) is 49.2 Å². The third kappa shape index (κ3) is 3.85. The van der Waals surface area contributed by atoms with Crippen LogP contribution >= 0.6 is 15.9 Å². The first-order valence-electron chi connectivity index (χ1n) is 5.67. The molecule has 1 aromatic rings. The van der Waals surface area contributed by atoms with Crippen molar-refractivity contribution in [1.29, 1.82) is 0 Å². The summed E-state index contributed by atoms with van der Waals surface area (Å²) in [5.74, 6) is 0. The summed E-state index contributed by atoms with van der Waals surface area (Å²) < 4.78 is 17.0. The lowest BCUT2D eigenvalue weighted by Crippen LogP contribution is -2.40. The smallest absolute Gasteiger partial charge is 0.250 e. The van der Waals surface area contributed by atoms with Crippen molar-refractivity contribution in [1.82, 2.24) is 9.29 Å². The second kappa shape index (κ2) is 5.77. The van der Waals surface area contributed by atoms with Gasteiger partial charge in [-0.1, -0.05) is 0 Å². The van der Waals surface area contributed by atoms with E-state index in [1.165, 1.54) is 4.57 Å². The molecule has 0 saturated carbocycles. The van der Waals surface area contributed by atoms with Crippen LogP contribution in [0, 0.1) is 0 Å². The summed E-state index contributed by atoms with van der Waals surface area (Å²) in [5, 5.41) is 0. The molecule has 1 rings (SSSR count). The Hall–Kier alpha value is -0.300. The van der Waals surface area contributed by atoms with Gasteiger partial charge in [0.25, 0.3) is 5.56 Å². The van der Waals surface area contributed by atoms with Crippen molar-refractivity contribution >= 4 is 27.3 Å². The number of rotatable bonds is 3. The minimum Gasteiger partial charge on any atom is -0.598 e. The molecule has 102 valence electrons. The summed E-state index contributed by atoms with van der Waals surface area (Å²) in [5.41, 5.74) is 0.735. The van der Waals surface area contributed by atoms with E-state index in [1.54, 1.807) is 19.3 Å². The molecule has 0 saturated heterocycles. The van der Waals surface area contributed by atoms with Crippen molar-refractivity contribution in [2.75, 3.05) is 0 Å². The fourth-order valence-electron chi connectivity index (χ4n) is 1.34. The van der Waals surface area contributed by atoms with Crippen molar-refractivity contribution in [2.45, 2.75) is 38.5 Å². The van der Waals surface area contributed by atoms with E-state index in [1.807, 2.05) is 27.7 Å². The maximum atomic E-state index is 12.0. The van der Waals surface area contributed by atoms with Gasteiger partial charge in [0.15, 0.2) is 0 Å². The minimum atomic E-state index is -1.17. The van der Waals surface area contributed by atoms with Gasteiger partial charge in [-0.25, -0.2) is 0 Å². The van der Waals surface area contributed by atoms with E-state index >= 15 is 0 Å². The highest BCUT2D eigenvalue weighted by Gasteiger charge is 2.28. The first-order valence-corrected chi connectivity index (χ1v) is 7.61. The third-order valence-corrected chi connectivity index (χ3v) is 4.86. The molecule has 0 aliphatic carbocycles. The Morgan fingerprint density at radius 1 is 1.50 bits per heavy atom. The number of nitrogens with one attached hydrogen (secondary N) is 1. The molecule has 1 aromatic heterocycles. The molecule has 6 heteroatoms. The molecule has 0 aromatic carbocycles. The van der Waals surface area contributed by atoms with Gasteiger partial charge in [0, 0.05) is 35.1 Å². The molecule has 0 aliphatic heterocycles. The van der Waals surface area contributed by atoms with E-state index in [-0.39, 0.29) is 16.3 Å². The summed E-state index contributed by atoms with van der Waals surface area (Å²) >= 11 is 2.26. The molecule has 2 atom stereocenters. The lowest BCUT2D eigenvalue weighted by molar-refractivity contribution is 0.530. The molecule has 0 radical (unpaired) electrons.